The maximum Gasteiger partial charge on any atom is 0.0541 e. The second-order valence-electron chi connectivity index (χ2n) is 14.6. The van der Waals surface area contributed by atoms with Crippen LogP contribution in [0.25, 0.3) is 108 Å². The van der Waals surface area contributed by atoms with Crippen molar-refractivity contribution in [1.29, 1.82) is 0 Å². The average Bonchev–Trinajstić information content (AvgIpc) is 3.90. The lowest BCUT2D eigenvalue weighted by Gasteiger charge is -2.10. The monoisotopic (exact) mass is 716 g/mol. The van der Waals surface area contributed by atoms with Crippen LogP contribution in [0, 0.1) is 0 Å². The van der Waals surface area contributed by atoms with Crippen LogP contribution >= 0.6 is 11.3 Å². The first-order chi connectivity index (χ1) is 27.2. The normalized spacial score (nSPS) is 12.0. The quantitative estimate of drug-likeness (QED) is 0.172. The largest absolute Gasteiger partial charge is 0.309 e. The van der Waals surface area contributed by atoms with Crippen molar-refractivity contribution in [3.8, 4) is 33.6 Å². The van der Waals surface area contributed by atoms with E-state index in [1.807, 2.05) is 11.3 Å². The summed E-state index contributed by atoms with van der Waals surface area (Å²) < 4.78 is 7.48. The average molecular weight is 717 g/mol. The van der Waals surface area contributed by atoms with Crippen molar-refractivity contribution < 1.29 is 0 Å². The summed E-state index contributed by atoms with van der Waals surface area (Å²) in [5.74, 6) is 0. The molecule has 12 aromatic rings. The topological polar surface area (TPSA) is 9.86 Å². The summed E-state index contributed by atoms with van der Waals surface area (Å²) in [5, 5.41) is 10.2. The van der Waals surface area contributed by atoms with Crippen LogP contribution in [-0.2, 0) is 0 Å². The van der Waals surface area contributed by atoms with E-state index < -0.39 is 0 Å². The molecule has 0 saturated carbocycles. The Morgan fingerprint density at radius 2 is 0.764 bits per heavy atom. The molecule has 0 atom stereocenters. The zero-order chi connectivity index (χ0) is 36.0. The second kappa shape index (κ2) is 11.8. The molecule has 9 aromatic carbocycles. The van der Waals surface area contributed by atoms with Crippen molar-refractivity contribution in [2.75, 3.05) is 0 Å². The van der Waals surface area contributed by atoms with Gasteiger partial charge in [0.2, 0.25) is 0 Å². The van der Waals surface area contributed by atoms with Crippen molar-refractivity contribution in [3.05, 3.63) is 194 Å². The Hall–Kier alpha value is -6.94. The van der Waals surface area contributed by atoms with Crippen LogP contribution in [0.3, 0.4) is 0 Å². The molecule has 0 amide bonds. The third-order valence-corrected chi connectivity index (χ3v) is 12.6. The summed E-state index contributed by atoms with van der Waals surface area (Å²) >= 11 is 1.87. The summed E-state index contributed by atoms with van der Waals surface area (Å²) in [6.07, 6.45) is 0. The minimum absolute atomic E-state index is 1.16. The summed E-state index contributed by atoms with van der Waals surface area (Å²) in [6, 6.07) is 71.6. The van der Waals surface area contributed by atoms with Crippen molar-refractivity contribution in [2.24, 2.45) is 0 Å². The molecule has 0 fully saturated rings. The number of rotatable bonds is 4. The highest BCUT2D eigenvalue weighted by Crippen LogP contribution is 2.41. The van der Waals surface area contributed by atoms with E-state index >= 15 is 0 Å². The number of thiophene rings is 1. The van der Waals surface area contributed by atoms with Gasteiger partial charge in [-0.2, -0.15) is 0 Å². The Balaban J connectivity index is 1.05. The van der Waals surface area contributed by atoms with Crippen LogP contribution in [0.1, 0.15) is 0 Å². The van der Waals surface area contributed by atoms with Gasteiger partial charge in [0.1, 0.15) is 0 Å². The van der Waals surface area contributed by atoms with Gasteiger partial charge < -0.3 is 9.13 Å². The fourth-order valence-electron chi connectivity index (χ4n) is 8.89. The highest BCUT2D eigenvalue weighted by atomic mass is 32.1. The van der Waals surface area contributed by atoms with Crippen LogP contribution in [0.2, 0.25) is 0 Å². The van der Waals surface area contributed by atoms with Gasteiger partial charge in [0.25, 0.3) is 0 Å². The number of nitrogens with zero attached hydrogens (tertiary/aromatic N) is 2. The van der Waals surface area contributed by atoms with E-state index in [0.29, 0.717) is 0 Å². The van der Waals surface area contributed by atoms with Crippen LogP contribution < -0.4 is 0 Å². The van der Waals surface area contributed by atoms with E-state index in [-0.39, 0.29) is 0 Å². The SMILES string of the molecule is c1ccc(-n2c3ccc(-c4ccc5sc6ccccc6c5c4)cc3c3cc(-c4ccc5c(c4)c4ccccc4n5-c4ccc5ccccc5c4)ccc32)cc1. The van der Waals surface area contributed by atoms with E-state index in [9.17, 15) is 0 Å². The van der Waals surface area contributed by atoms with Gasteiger partial charge in [-0.1, -0.05) is 109 Å². The molecule has 3 aromatic heterocycles. The highest BCUT2D eigenvalue weighted by Gasteiger charge is 2.17. The number of aromatic nitrogens is 2. The first-order valence-corrected chi connectivity index (χ1v) is 19.6. The third-order valence-electron chi connectivity index (χ3n) is 11.5. The summed E-state index contributed by atoms with van der Waals surface area (Å²) in [7, 11) is 0. The van der Waals surface area contributed by atoms with Crippen LogP contribution in [0.15, 0.2) is 194 Å². The molecule has 256 valence electrons. The predicted octanol–water partition coefficient (Wildman–Crippen LogP) is 14.7. The first-order valence-electron chi connectivity index (χ1n) is 18.8. The van der Waals surface area contributed by atoms with Gasteiger partial charge in [0, 0.05) is 53.1 Å². The molecule has 0 N–H and O–H groups in total. The lowest BCUT2D eigenvalue weighted by atomic mass is 9.98. The first kappa shape index (κ1) is 30.5. The van der Waals surface area contributed by atoms with E-state index in [1.54, 1.807) is 0 Å². The molecule has 0 aliphatic carbocycles. The van der Waals surface area contributed by atoms with Crippen LogP contribution in [-0.4, -0.2) is 9.13 Å². The summed E-state index contributed by atoms with van der Waals surface area (Å²) in [6.45, 7) is 0. The van der Waals surface area contributed by atoms with Gasteiger partial charge in [-0.05, 0) is 118 Å². The number of para-hydroxylation sites is 2. The maximum atomic E-state index is 2.41. The molecule has 0 unspecified atom stereocenters. The van der Waals surface area contributed by atoms with Gasteiger partial charge in [0.15, 0.2) is 0 Å². The summed E-state index contributed by atoms with van der Waals surface area (Å²) in [5.41, 5.74) is 12.1. The number of benzene rings is 9. The van der Waals surface area contributed by atoms with Crippen LogP contribution in [0.4, 0.5) is 0 Å². The van der Waals surface area contributed by atoms with Crippen molar-refractivity contribution in [3.63, 3.8) is 0 Å². The van der Waals surface area contributed by atoms with Gasteiger partial charge in [-0.15, -0.1) is 11.3 Å². The molecule has 0 bridgehead atoms. The Labute approximate surface area is 321 Å². The molecule has 0 spiro atoms. The van der Waals surface area contributed by atoms with Crippen molar-refractivity contribution >= 4 is 85.9 Å². The molecule has 55 heavy (non-hydrogen) atoms. The van der Waals surface area contributed by atoms with Crippen molar-refractivity contribution in [2.45, 2.75) is 0 Å². The highest BCUT2D eigenvalue weighted by molar-refractivity contribution is 7.25. The number of hydrogen-bond donors (Lipinski definition) is 0. The molecule has 0 radical (unpaired) electrons. The minimum Gasteiger partial charge on any atom is -0.309 e. The zero-order valence-corrected chi connectivity index (χ0v) is 30.6. The van der Waals surface area contributed by atoms with Gasteiger partial charge in [-0.25, -0.2) is 0 Å². The Morgan fingerprint density at radius 1 is 0.273 bits per heavy atom. The number of fused-ring (bicyclic) bond motifs is 10. The molecule has 0 aliphatic rings. The molecule has 12 rings (SSSR count). The summed E-state index contributed by atoms with van der Waals surface area (Å²) in [4.78, 5) is 0. The van der Waals surface area contributed by atoms with E-state index in [0.717, 1.165) is 5.69 Å². The third kappa shape index (κ3) is 4.67. The van der Waals surface area contributed by atoms with E-state index in [1.165, 1.54) is 102 Å². The minimum atomic E-state index is 1.16. The number of hydrogen-bond acceptors (Lipinski definition) is 1. The lowest BCUT2D eigenvalue weighted by molar-refractivity contribution is 1.18. The van der Waals surface area contributed by atoms with Gasteiger partial charge in [-0.3, -0.25) is 0 Å². The molecule has 2 nitrogen and oxygen atoms in total. The van der Waals surface area contributed by atoms with Crippen molar-refractivity contribution in [1.82, 2.24) is 9.13 Å². The molecule has 0 aliphatic heterocycles. The molecule has 3 heteroatoms. The molecule has 0 saturated heterocycles. The van der Waals surface area contributed by atoms with E-state index in [2.05, 4.69) is 203 Å². The van der Waals surface area contributed by atoms with Gasteiger partial charge >= 0.3 is 0 Å². The maximum absolute atomic E-state index is 2.41. The van der Waals surface area contributed by atoms with Gasteiger partial charge in [0.05, 0.1) is 22.1 Å². The Kier molecular flexibility index (Phi) is 6.54. The zero-order valence-electron chi connectivity index (χ0n) is 29.8. The second-order valence-corrected chi connectivity index (χ2v) is 15.6. The molecular weight excluding hydrogens is 685 g/mol. The molecular formula is C52H32N2S. The fraction of sp³-hybridized carbons (Fsp3) is 0. The standard InChI is InChI=1S/C52H32N2S/c1-2-12-39(13-3-1)53-49-25-20-36(30-44(49)45-31-37(21-26-50(45)53)38-22-27-52-46(32-38)42-15-7-9-17-51(42)55-52)35-19-24-48-43(29-35)41-14-6-8-16-47(41)54(48)40-23-18-33-10-4-5-11-34(33)28-40/h1-32H. The fourth-order valence-corrected chi connectivity index (χ4v) is 9.98. The van der Waals surface area contributed by atoms with E-state index in [4.69, 9.17) is 0 Å². The molecule has 3 heterocycles. The lowest BCUT2D eigenvalue weighted by Crippen LogP contribution is -1.94. The smallest absolute Gasteiger partial charge is 0.0541 e. The Bertz CT molecular complexity index is 3490. The predicted molar refractivity (Wildman–Crippen MR) is 236 cm³/mol. The van der Waals surface area contributed by atoms with Crippen LogP contribution in [0.5, 0.6) is 0 Å². The Morgan fingerprint density at radius 3 is 1.47 bits per heavy atom.